The number of carboxylic acid groups (broad SMARTS) is 1. The van der Waals surface area contributed by atoms with Crippen molar-refractivity contribution in [3.8, 4) is 0 Å². The van der Waals surface area contributed by atoms with Gasteiger partial charge in [-0.3, -0.25) is 19.6 Å². The van der Waals surface area contributed by atoms with Gasteiger partial charge in [-0.2, -0.15) is 0 Å². The van der Waals surface area contributed by atoms with Gasteiger partial charge in [-0.05, 0) is 17.2 Å². The molecule has 2 aliphatic rings. The lowest BCUT2D eigenvalue weighted by molar-refractivity contribution is -0.150. The van der Waals surface area contributed by atoms with Crippen LogP contribution in [0, 0.1) is 0 Å². The molecule has 1 saturated heterocycles. The number of para-hydroxylation sites is 1. The van der Waals surface area contributed by atoms with E-state index in [1.54, 1.807) is 24.3 Å². The zero-order valence-electron chi connectivity index (χ0n) is 15.6. The molecule has 0 aliphatic carbocycles. The number of amides is 2. The van der Waals surface area contributed by atoms with Crippen molar-refractivity contribution >= 4 is 47.0 Å². The molecule has 0 radical (unpaired) electrons. The first-order chi connectivity index (χ1) is 14.5. The Hall–Kier alpha value is -2.99. The molecule has 0 spiro atoms. The van der Waals surface area contributed by atoms with Crippen LogP contribution >= 0.6 is 23.5 Å². The summed E-state index contributed by atoms with van der Waals surface area (Å²) in [4.78, 5) is 42.2. The molecule has 2 aliphatic heterocycles. The highest BCUT2D eigenvalue weighted by molar-refractivity contribution is 8.01. The van der Waals surface area contributed by atoms with Gasteiger partial charge in [0.25, 0.3) is 5.91 Å². The predicted molar refractivity (Wildman–Crippen MR) is 111 cm³/mol. The number of fused-ring (bicyclic) bond motifs is 1. The summed E-state index contributed by atoms with van der Waals surface area (Å²) in [7, 11) is 0. The number of carbonyl (C=O) groups excluding carboxylic acids is 2. The van der Waals surface area contributed by atoms with E-state index in [0.29, 0.717) is 33.5 Å². The molecule has 12 heteroatoms. The number of aliphatic carboxylic acids is 1. The highest BCUT2D eigenvalue weighted by Crippen LogP contribution is 2.41. The lowest BCUT2D eigenvalue weighted by Crippen LogP contribution is -2.70. The Morgan fingerprint density at radius 2 is 2.20 bits per heavy atom. The molecule has 3 heterocycles. The molecule has 0 bridgehead atoms. The Morgan fingerprint density at radius 3 is 2.90 bits per heavy atom. The largest absolute Gasteiger partial charge is 0.477 e. The second kappa shape index (κ2) is 8.40. The molecule has 1 aromatic heterocycles. The van der Waals surface area contributed by atoms with Crippen LogP contribution in [-0.4, -0.2) is 65.9 Å². The van der Waals surface area contributed by atoms with Crippen LogP contribution < -0.4 is 11.1 Å². The van der Waals surface area contributed by atoms with Crippen LogP contribution in [0.4, 0.5) is 5.69 Å². The number of rotatable bonds is 7. The van der Waals surface area contributed by atoms with Gasteiger partial charge in [-0.15, -0.1) is 16.9 Å². The van der Waals surface area contributed by atoms with E-state index >= 15 is 0 Å². The first-order valence-corrected chi connectivity index (χ1v) is 11.0. The van der Waals surface area contributed by atoms with E-state index in [2.05, 4.69) is 20.5 Å². The topological polar surface area (TPSA) is 154 Å². The summed E-state index contributed by atoms with van der Waals surface area (Å²) in [5.74, 6) is -1.14. The third-order valence-corrected chi connectivity index (χ3v) is 7.03. The average Bonchev–Trinajstić information content (AvgIpc) is 3.25. The van der Waals surface area contributed by atoms with E-state index in [1.165, 1.54) is 34.8 Å². The number of anilines is 1. The van der Waals surface area contributed by atoms with Crippen molar-refractivity contribution in [2.45, 2.75) is 23.0 Å². The minimum Gasteiger partial charge on any atom is -0.477 e. The molecule has 1 fully saturated rings. The van der Waals surface area contributed by atoms with E-state index in [1.807, 2.05) is 0 Å². The Balaban J connectivity index is 1.44. The SMILES string of the molecule is Nc1ccccc1CC(=O)NC1C(=O)N2C(C(=O)O)=C(CSc3nc[nH]n3)CS[C@H]12. The fraction of sp³-hybridized carbons (Fsp3) is 0.278. The van der Waals surface area contributed by atoms with Gasteiger partial charge in [0.15, 0.2) is 0 Å². The number of hydrogen-bond donors (Lipinski definition) is 4. The lowest BCUT2D eigenvalue weighted by Gasteiger charge is -2.49. The number of aromatic nitrogens is 3. The highest BCUT2D eigenvalue weighted by Gasteiger charge is 2.54. The van der Waals surface area contributed by atoms with Crippen molar-refractivity contribution in [1.82, 2.24) is 25.4 Å². The first-order valence-electron chi connectivity index (χ1n) is 8.97. The quantitative estimate of drug-likeness (QED) is 0.270. The lowest BCUT2D eigenvalue weighted by atomic mass is 10.0. The standard InChI is InChI=1S/C18H18N6O4S2/c19-11-4-2-1-3-9(11)5-12(25)22-13-15(26)24-14(17(27)28)10(6-29-16(13)24)7-30-18-20-8-21-23-18/h1-4,8,13,16H,5-7,19H2,(H,22,25)(H,27,28)(H,20,21,23)/t13?,16-/m1/s1. The summed E-state index contributed by atoms with van der Waals surface area (Å²) in [6.45, 7) is 0. The van der Waals surface area contributed by atoms with Crippen LogP contribution in [0.5, 0.6) is 0 Å². The minimum atomic E-state index is -1.17. The molecule has 1 unspecified atom stereocenters. The highest BCUT2D eigenvalue weighted by atomic mass is 32.2. The monoisotopic (exact) mass is 446 g/mol. The Labute approximate surface area is 179 Å². The summed E-state index contributed by atoms with van der Waals surface area (Å²) in [6.07, 6.45) is 1.49. The molecule has 156 valence electrons. The normalized spacial score (nSPS) is 20.5. The molecule has 10 nitrogen and oxygen atoms in total. The number of nitrogen functional groups attached to an aromatic ring is 1. The molecular weight excluding hydrogens is 428 g/mol. The summed E-state index contributed by atoms with van der Waals surface area (Å²) < 4.78 is 0. The van der Waals surface area contributed by atoms with Gasteiger partial charge < -0.3 is 16.2 Å². The van der Waals surface area contributed by atoms with E-state index in [0.717, 1.165) is 0 Å². The average molecular weight is 447 g/mol. The number of carbonyl (C=O) groups is 3. The number of carboxylic acids is 1. The zero-order chi connectivity index (χ0) is 21.3. The van der Waals surface area contributed by atoms with Crippen LogP contribution in [0.25, 0.3) is 0 Å². The second-order valence-electron chi connectivity index (χ2n) is 6.66. The van der Waals surface area contributed by atoms with Crippen LogP contribution in [-0.2, 0) is 20.8 Å². The zero-order valence-corrected chi connectivity index (χ0v) is 17.2. The molecule has 5 N–H and O–H groups in total. The number of nitrogens with zero attached hydrogens (tertiary/aromatic N) is 3. The number of β-lactam (4-membered cyclic amide) rings is 1. The van der Waals surface area contributed by atoms with Crippen molar-refractivity contribution in [1.29, 1.82) is 0 Å². The van der Waals surface area contributed by atoms with Crippen LogP contribution in [0.1, 0.15) is 5.56 Å². The molecule has 1 aromatic carbocycles. The number of benzene rings is 1. The Morgan fingerprint density at radius 1 is 1.40 bits per heavy atom. The van der Waals surface area contributed by atoms with Crippen molar-refractivity contribution < 1.29 is 19.5 Å². The molecule has 0 saturated carbocycles. The molecule has 2 aromatic rings. The van der Waals surface area contributed by atoms with E-state index in [4.69, 9.17) is 5.73 Å². The molecule has 30 heavy (non-hydrogen) atoms. The number of hydrogen-bond acceptors (Lipinski definition) is 8. The minimum absolute atomic E-state index is 0.0235. The maximum atomic E-state index is 12.7. The van der Waals surface area contributed by atoms with E-state index < -0.39 is 23.3 Å². The van der Waals surface area contributed by atoms with Crippen molar-refractivity contribution in [3.63, 3.8) is 0 Å². The van der Waals surface area contributed by atoms with Gasteiger partial charge in [0.2, 0.25) is 11.1 Å². The maximum absolute atomic E-state index is 12.7. The van der Waals surface area contributed by atoms with Gasteiger partial charge in [0.1, 0.15) is 23.4 Å². The summed E-state index contributed by atoms with van der Waals surface area (Å²) in [5, 5.41) is 19.0. The molecule has 2 atom stereocenters. The molecular formula is C18H18N6O4S2. The van der Waals surface area contributed by atoms with Crippen molar-refractivity contribution in [3.05, 3.63) is 47.4 Å². The maximum Gasteiger partial charge on any atom is 0.352 e. The van der Waals surface area contributed by atoms with Gasteiger partial charge in [0.05, 0.1) is 6.42 Å². The Kier molecular flexibility index (Phi) is 5.68. The summed E-state index contributed by atoms with van der Waals surface area (Å²) in [6, 6.07) is 6.26. The van der Waals surface area contributed by atoms with Gasteiger partial charge in [-0.1, -0.05) is 30.0 Å². The first kappa shape index (κ1) is 20.3. The summed E-state index contributed by atoms with van der Waals surface area (Å²) in [5.41, 5.74) is 7.64. The van der Waals surface area contributed by atoms with E-state index in [-0.39, 0.29) is 18.0 Å². The number of aromatic amines is 1. The number of nitrogens with one attached hydrogen (secondary N) is 2. The Bertz CT molecular complexity index is 1030. The summed E-state index contributed by atoms with van der Waals surface area (Å²) >= 11 is 2.72. The third kappa shape index (κ3) is 3.87. The van der Waals surface area contributed by atoms with Crippen LogP contribution in [0.3, 0.4) is 0 Å². The fourth-order valence-corrected chi connectivity index (χ4v) is 5.57. The van der Waals surface area contributed by atoms with Crippen molar-refractivity contribution in [2.75, 3.05) is 17.2 Å². The second-order valence-corrected chi connectivity index (χ2v) is 8.71. The van der Waals surface area contributed by atoms with E-state index in [9.17, 15) is 19.5 Å². The van der Waals surface area contributed by atoms with Crippen LogP contribution in [0.15, 0.2) is 47.0 Å². The third-order valence-electron chi connectivity index (χ3n) is 4.74. The van der Waals surface area contributed by atoms with Crippen molar-refractivity contribution in [2.24, 2.45) is 0 Å². The number of H-pyrrole nitrogens is 1. The smallest absolute Gasteiger partial charge is 0.352 e. The fourth-order valence-electron chi connectivity index (χ4n) is 3.31. The molecule has 2 amide bonds. The number of thioether (sulfide) groups is 2. The van der Waals surface area contributed by atoms with Gasteiger partial charge in [-0.25, -0.2) is 9.78 Å². The van der Waals surface area contributed by atoms with Gasteiger partial charge >= 0.3 is 5.97 Å². The van der Waals surface area contributed by atoms with Crippen LogP contribution in [0.2, 0.25) is 0 Å². The predicted octanol–water partition coefficient (Wildman–Crippen LogP) is 0.460. The van der Waals surface area contributed by atoms with Gasteiger partial charge in [0, 0.05) is 17.2 Å². The molecule has 4 rings (SSSR count). The number of nitrogens with two attached hydrogens (primary N) is 1.